The van der Waals surface area contributed by atoms with Crippen LogP contribution in [0.1, 0.15) is 40.0 Å². The number of carbonyl (C=O) groups excluding carboxylic acids is 1. The number of hydrogen-bond donors (Lipinski definition) is 0. The monoisotopic (exact) mass is 309 g/mol. The molecule has 0 N–H and O–H groups in total. The van der Waals surface area contributed by atoms with Gasteiger partial charge in [0, 0.05) is 19.6 Å². The highest BCUT2D eigenvalue weighted by Gasteiger charge is 2.41. The number of fused-ring (bicyclic) bond motifs is 3. The van der Waals surface area contributed by atoms with Crippen LogP contribution in [0, 0.1) is 17.8 Å². The first-order chi connectivity index (χ1) is 10.5. The minimum Gasteiger partial charge on any atom is -0.458 e. The van der Waals surface area contributed by atoms with E-state index in [1.54, 1.807) is 0 Å². The topological polar surface area (TPSA) is 29.5 Å². The standard InChI is InChI=1S/C18H33N2O2/c1-14(2)16-5-4-15(3)12-17(16)22-18(21)13-20-9-6-19(7-10-20)8-11-20/h14-17H,4-13H2,1-3H3/q+1/t15-,16+,17-/m1/s1. The van der Waals surface area contributed by atoms with Crippen LogP contribution < -0.4 is 0 Å². The van der Waals surface area contributed by atoms with Gasteiger partial charge >= 0.3 is 5.97 Å². The van der Waals surface area contributed by atoms with Crippen LogP contribution in [-0.4, -0.2) is 67.3 Å². The summed E-state index contributed by atoms with van der Waals surface area (Å²) >= 11 is 0. The summed E-state index contributed by atoms with van der Waals surface area (Å²) in [6.07, 6.45) is 3.71. The molecule has 1 aliphatic carbocycles. The van der Waals surface area contributed by atoms with E-state index < -0.39 is 0 Å². The molecule has 4 heteroatoms. The summed E-state index contributed by atoms with van der Waals surface area (Å²) in [6, 6.07) is 0. The zero-order chi connectivity index (χ0) is 15.7. The number of esters is 1. The van der Waals surface area contributed by atoms with Gasteiger partial charge in [-0.25, -0.2) is 4.79 Å². The Hall–Kier alpha value is -0.610. The Balaban J connectivity index is 1.57. The lowest BCUT2D eigenvalue weighted by Crippen LogP contribution is -2.68. The number of piperazine rings is 3. The first kappa shape index (κ1) is 16.3. The van der Waals surface area contributed by atoms with Gasteiger partial charge < -0.3 is 9.22 Å². The predicted molar refractivity (Wildman–Crippen MR) is 87.4 cm³/mol. The number of hydrogen-bond acceptors (Lipinski definition) is 3. The van der Waals surface area contributed by atoms with E-state index in [4.69, 9.17) is 4.74 Å². The van der Waals surface area contributed by atoms with Crippen molar-refractivity contribution in [2.75, 3.05) is 45.8 Å². The van der Waals surface area contributed by atoms with Crippen LogP contribution in [0.2, 0.25) is 0 Å². The number of carbonyl (C=O) groups is 1. The van der Waals surface area contributed by atoms with Crippen molar-refractivity contribution in [3.05, 3.63) is 0 Å². The van der Waals surface area contributed by atoms with Gasteiger partial charge in [-0.05, 0) is 30.6 Å². The quantitative estimate of drug-likeness (QED) is 0.588. The molecule has 22 heavy (non-hydrogen) atoms. The van der Waals surface area contributed by atoms with Crippen LogP contribution in [0.3, 0.4) is 0 Å². The van der Waals surface area contributed by atoms with Crippen LogP contribution >= 0.6 is 0 Å². The van der Waals surface area contributed by atoms with Gasteiger partial charge in [0.05, 0.1) is 19.6 Å². The van der Waals surface area contributed by atoms with E-state index in [-0.39, 0.29) is 12.1 Å². The maximum absolute atomic E-state index is 12.6. The molecule has 0 amide bonds. The van der Waals surface area contributed by atoms with Crippen molar-refractivity contribution in [3.8, 4) is 0 Å². The van der Waals surface area contributed by atoms with Crippen LogP contribution in [0.15, 0.2) is 0 Å². The molecule has 4 aliphatic rings. The second-order valence-corrected chi connectivity index (χ2v) is 8.37. The van der Waals surface area contributed by atoms with Crippen molar-refractivity contribution in [3.63, 3.8) is 0 Å². The molecular formula is C18H33N2O2+. The first-order valence-corrected chi connectivity index (χ1v) is 9.24. The number of ether oxygens (including phenoxy) is 1. The highest BCUT2D eigenvalue weighted by atomic mass is 16.5. The van der Waals surface area contributed by atoms with Gasteiger partial charge in [0.2, 0.25) is 0 Å². The number of rotatable bonds is 4. The van der Waals surface area contributed by atoms with Crippen molar-refractivity contribution in [1.82, 2.24) is 4.90 Å². The number of quaternary nitrogens is 1. The van der Waals surface area contributed by atoms with Crippen molar-refractivity contribution in [1.29, 1.82) is 0 Å². The van der Waals surface area contributed by atoms with Crippen molar-refractivity contribution >= 4 is 5.97 Å². The van der Waals surface area contributed by atoms with Crippen LogP contribution in [0.4, 0.5) is 0 Å². The van der Waals surface area contributed by atoms with Crippen molar-refractivity contribution < 1.29 is 14.0 Å². The Bertz CT molecular complexity index is 388. The molecule has 4 fully saturated rings. The lowest BCUT2D eigenvalue weighted by atomic mass is 9.75. The van der Waals surface area contributed by atoms with Gasteiger partial charge in [-0.15, -0.1) is 0 Å². The summed E-state index contributed by atoms with van der Waals surface area (Å²) in [5, 5.41) is 0. The van der Waals surface area contributed by atoms with E-state index in [1.807, 2.05) is 0 Å². The molecule has 0 radical (unpaired) electrons. The summed E-state index contributed by atoms with van der Waals surface area (Å²) in [7, 11) is 0. The number of nitrogens with zero attached hydrogens (tertiary/aromatic N) is 2. The fraction of sp³-hybridized carbons (Fsp3) is 0.944. The van der Waals surface area contributed by atoms with E-state index in [2.05, 4.69) is 25.7 Å². The Kier molecular flexibility index (Phi) is 4.79. The van der Waals surface area contributed by atoms with E-state index in [9.17, 15) is 4.79 Å². The summed E-state index contributed by atoms with van der Waals surface area (Å²) in [4.78, 5) is 15.1. The zero-order valence-electron chi connectivity index (χ0n) is 14.6. The Morgan fingerprint density at radius 3 is 2.41 bits per heavy atom. The Morgan fingerprint density at radius 2 is 1.82 bits per heavy atom. The third-order valence-electron chi connectivity index (χ3n) is 6.38. The smallest absolute Gasteiger partial charge is 0.362 e. The van der Waals surface area contributed by atoms with Gasteiger partial charge in [0.15, 0.2) is 6.54 Å². The lowest BCUT2D eigenvalue weighted by molar-refractivity contribution is -0.934. The Labute approximate surface area is 135 Å². The minimum atomic E-state index is 0.0556. The molecule has 0 aromatic rings. The molecule has 3 heterocycles. The first-order valence-electron chi connectivity index (χ1n) is 9.24. The van der Waals surface area contributed by atoms with E-state index >= 15 is 0 Å². The SMILES string of the molecule is CC(C)[C@@H]1CC[C@@H](C)C[C@H]1OC(=O)C[N+]12CCN(CC1)CC2. The summed E-state index contributed by atoms with van der Waals surface area (Å²) in [6.45, 7) is 14.3. The highest BCUT2D eigenvalue weighted by molar-refractivity contribution is 5.70. The summed E-state index contributed by atoms with van der Waals surface area (Å²) in [5.41, 5.74) is 0. The average molecular weight is 309 g/mol. The fourth-order valence-electron chi connectivity index (χ4n) is 4.70. The van der Waals surface area contributed by atoms with Crippen LogP contribution in [0.5, 0.6) is 0 Å². The van der Waals surface area contributed by atoms with Gasteiger partial charge in [0.1, 0.15) is 6.10 Å². The molecule has 126 valence electrons. The average Bonchev–Trinajstić information content (AvgIpc) is 2.48. The predicted octanol–water partition coefficient (Wildman–Crippen LogP) is 2.14. The largest absolute Gasteiger partial charge is 0.458 e. The molecule has 3 atom stereocenters. The van der Waals surface area contributed by atoms with Crippen molar-refractivity contribution in [2.24, 2.45) is 17.8 Å². The molecule has 1 saturated carbocycles. The molecule has 2 bridgehead atoms. The maximum atomic E-state index is 12.6. The minimum absolute atomic E-state index is 0.0556. The summed E-state index contributed by atoms with van der Waals surface area (Å²) in [5.74, 6) is 1.91. The van der Waals surface area contributed by atoms with Gasteiger partial charge in [-0.2, -0.15) is 0 Å². The van der Waals surface area contributed by atoms with Gasteiger partial charge in [-0.3, -0.25) is 4.90 Å². The third kappa shape index (κ3) is 3.48. The van der Waals surface area contributed by atoms with E-state index in [1.165, 1.54) is 12.8 Å². The molecule has 0 unspecified atom stereocenters. The lowest BCUT2D eigenvalue weighted by Gasteiger charge is -2.50. The molecule has 3 saturated heterocycles. The second-order valence-electron chi connectivity index (χ2n) is 8.37. The van der Waals surface area contributed by atoms with Crippen molar-refractivity contribution in [2.45, 2.75) is 46.1 Å². The zero-order valence-corrected chi connectivity index (χ0v) is 14.6. The molecule has 3 aliphatic heterocycles. The fourth-order valence-corrected chi connectivity index (χ4v) is 4.70. The van der Waals surface area contributed by atoms with Crippen LogP contribution in [-0.2, 0) is 9.53 Å². The molecule has 4 nitrogen and oxygen atoms in total. The Morgan fingerprint density at radius 1 is 1.18 bits per heavy atom. The third-order valence-corrected chi connectivity index (χ3v) is 6.38. The highest BCUT2D eigenvalue weighted by Crippen LogP contribution is 2.35. The van der Waals surface area contributed by atoms with Crippen LogP contribution in [0.25, 0.3) is 0 Å². The second kappa shape index (κ2) is 6.48. The van der Waals surface area contributed by atoms with E-state index in [0.29, 0.717) is 24.3 Å². The summed E-state index contributed by atoms with van der Waals surface area (Å²) < 4.78 is 6.99. The molecule has 0 aromatic carbocycles. The molecule has 4 rings (SSSR count). The van der Waals surface area contributed by atoms with Gasteiger partial charge in [-0.1, -0.05) is 27.2 Å². The van der Waals surface area contributed by atoms with Gasteiger partial charge in [0.25, 0.3) is 0 Å². The van der Waals surface area contributed by atoms with E-state index in [0.717, 1.165) is 50.2 Å². The maximum Gasteiger partial charge on any atom is 0.362 e. The normalized spacial score (nSPS) is 41.6. The molecule has 0 aromatic heterocycles. The molecule has 0 spiro atoms. The molecular weight excluding hydrogens is 276 g/mol.